The van der Waals surface area contributed by atoms with Crippen LogP contribution < -0.4 is 11.1 Å². The molecule has 0 spiro atoms. The van der Waals surface area contributed by atoms with Crippen molar-refractivity contribution in [2.45, 2.75) is 38.1 Å². The van der Waals surface area contributed by atoms with Gasteiger partial charge in [0.15, 0.2) is 0 Å². The first kappa shape index (κ1) is 10.3. The number of anilines is 2. The third kappa shape index (κ3) is 2.65. The summed E-state index contributed by atoms with van der Waals surface area (Å²) in [6.07, 6.45) is 6.60. The van der Waals surface area contributed by atoms with Crippen LogP contribution in [0.2, 0.25) is 0 Å². The molecule has 0 atom stereocenters. The predicted octanol–water partition coefficient (Wildman–Crippen LogP) is 3.20. The number of benzene rings is 1. The van der Waals surface area contributed by atoms with Crippen molar-refractivity contribution >= 4 is 11.4 Å². The van der Waals surface area contributed by atoms with Crippen LogP contribution in [0.5, 0.6) is 0 Å². The van der Waals surface area contributed by atoms with Crippen LogP contribution in [0.25, 0.3) is 0 Å². The monoisotopic (exact) mass is 203 g/mol. The second-order valence-electron chi connectivity index (χ2n) is 4.40. The maximum atomic E-state index is 5.94. The molecule has 2 rings (SSSR count). The summed E-state index contributed by atoms with van der Waals surface area (Å²) in [5, 5.41) is 3.52. The minimum Gasteiger partial charge on any atom is -0.397 e. The SMILES string of the molecule is [CH2]c1ccc(NC2CCCCC2)c(N)c1. The lowest BCUT2D eigenvalue weighted by Gasteiger charge is -2.24. The van der Waals surface area contributed by atoms with E-state index in [1.807, 2.05) is 18.2 Å². The van der Waals surface area contributed by atoms with Gasteiger partial charge < -0.3 is 11.1 Å². The fourth-order valence-electron chi connectivity index (χ4n) is 2.21. The van der Waals surface area contributed by atoms with E-state index < -0.39 is 0 Å². The summed E-state index contributed by atoms with van der Waals surface area (Å²) in [6.45, 7) is 3.86. The van der Waals surface area contributed by atoms with Gasteiger partial charge in [-0.05, 0) is 37.5 Å². The van der Waals surface area contributed by atoms with E-state index in [0.29, 0.717) is 6.04 Å². The van der Waals surface area contributed by atoms with Crippen molar-refractivity contribution in [2.75, 3.05) is 11.1 Å². The van der Waals surface area contributed by atoms with E-state index in [1.54, 1.807) is 0 Å². The maximum Gasteiger partial charge on any atom is 0.0576 e. The molecule has 0 aromatic heterocycles. The van der Waals surface area contributed by atoms with Crippen molar-refractivity contribution in [3.63, 3.8) is 0 Å². The van der Waals surface area contributed by atoms with E-state index in [-0.39, 0.29) is 0 Å². The first-order valence-electron chi connectivity index (χ1n) is 5.74. The van der Waals surface area contributed by atoms with Gasteiger partial charge in [0, 0.05) is 6.04 Å². The van der Waals surface area contributed by atoms with Gasteiger partial charge in [-0.3, -0.25) is 0 Å². The average Bonchev–Trinajstić information content (AvgIpc) is 2.24. The highest BCUT2D eigenvalue weighted by molar-refractivity contribution is 5.67. The van der Waals surface area contributed by atoms with Gasteiger partial charge in [-0.1, -0.05) is 25.3 Å². The molecular weight excluding hydrogens is 184 g/mol. The van der Waals surface area contributed by atoms with Gasteiger partial charge in [-0.2, -0.15) is 0 Å². The van der Waals surface area contributed by atoms with Crippen molar-refractivity contribution in [3.05, 3.63) is 30.7 Å². The van der Waals surface area contributed by atoms with Crippen molar-refractivity contribution in [1.29, 1.82) is 0 Å². The first-order valence-corrected chi connectivity index (χ1v) is 5.74. The van der Waals surface area contributed by atoms with Crippen LogP contribution in [0.15, 0.2) is 18.2 Å². The van der Waals surface area contributed by atoms with E-state index in [2.05, 4.69) is 12.2 Å². The molecule has 1 radical (unpaired) electrons. The van der Waals surface area contributed by atoms with Crippen molar-refractivity contribution in [1.82, 2.24) is 0 Å². The molecule has 1 aliphatic carbocycles. The number of nitrogen functional groups attached to an aromatic ring is 1. The minimum absolute atomic E-state index is 0.608. The van der Waals surface area contributed by atoms with E-state index in [0.717, 1.165) is 16.9 Å². The third-order valence-electron chi connectivity index (χ3n) is 3.08. The van der Waals surface area contributed by atoms with Crippen LogP contribution in [0.3, 0.4) is 0 Å². The summed E-state index contributed by atoms with van der Waals surface area (Å²) in [5.74, 6) is 0. The molecule has 1 aromatic carbocycles. The van der Waals surface area contributed by atoms with E-state index in [9.17, 15) is 0 Å². The molecule has 15 heavy (non-hydrogen) atoms. The third-order valence-corrected chi connectivity index (χ3v) is 3.08. The van der Waals surface area contributed by atoms with Crippen LogP contribution in [0.1, 0.15) is 37.7 Å². The number of rotatable bonds is 2. The molecule has 1 aliphatic rings. The molecule has 3 N–H and O–H groups in total. The smallest absolute Gasteiger partial charge is 0.0576 e. The van der Waals surface area contributed by atoms with Crippen LogP contribution in [-0.4, -0.2) is 6.04 Å². The van der Waals surface area contributed by atoms with Crippen molar-refractivity contribution < 1.29 is 0 Å². The Morgan fingerprint density at radius 3 is 2.60 bits per heavy atom. The van der Waals surface area contributed by atoms with E-state index in [1.165, 1.54) is 32.1 Å². The quantitative estimate of drug-likeness (QED) is 0.724. The van der Waals surface area contributed by atoms with Gasteiger partial charge in [-0.15, -0.1) is 0 Å². The number of hydrogen-bond acceptors (Lipinski definition) is 2. The van der Waals surface area contributed by atoms with E-state index in [4.69, 9.17) is 5.73 Å². The zero-order valence-corrected chi connectivity index (χ0v) is 9.13. The molecule has 2 nitrogen and oxygen atoms in total. The standard InChI is InChI=1S/C13H19N2/c1-10-7-8-13(12(14)9-10)15-11-5-3-2-4-6-11/h7-9,11,15H,1-6,14H2. The molecule has 2 heteroatoms. The molecule has 1 saturated carbocycles. The molecule has 0 heterocycles. The normalized spacial score (nSPS) is 17.7. The Morgan fingerprint density at radius 1 is 1.20 bits per heavy atom. The second kappa shape index (κ2) is 4.56. The molecule has 0 saturated heterocycles. The summed E-state index contributed by atoms with van der Waals surface area (Å²) in [7, 11) is 0. The lowest BCUT2D eigenvalue weighted by molar-refractivity contribution is 0.463. The number of nitrogens with two attached hydrogens (primary N) is 1. The van der Waals surface area contributed by atoms with Gasteiger partial charge in [0.1, 0.15) is 0 Å². The molecule has 0 aliphatic heterocycles. The Kier molecular flexibility index (Phi) is 3.14. The number of nitrogens with one attached hydrogen (secondary N) is 1. The topological polar surface area (TPSA) is 38.0 Å². The van der Waals surface area contributed by atoms with Gasteiger partial charge in [0.2, 0.25) is 0 Å². The van der Waals surface area contributed by atoms with Gasteiger partial charge in [0.25, 0.3) is 0 Å². The lowest BCUT2D eigenvalue weighted by Crippen LogP contribution is -2.22. The Balaban J connectivity index is 2.03. The summed E-state index contributed by atoms with van der Waals surface area (Å²) in [6, 6.07) is 6.57. The van der Waals surface area contributed by atoms with Crippen LogP contribution in [0, 0.1) is 6.92 Å². The molecule has 0 amide bonds. The Morgan fingerprint density at radius 2 is 1.93 bits per heavy atom. The largest absolute Gasteiger partial charge is 0.397 e. The molecule has 0 bridgehead atoms. The molecule has 81 valence electrons. The molecular formula is C13H19N2. The summed E-state index contributed by atoms with van der Waals surface area (Å²) in [5.41, 5.74) is 8.79. The Hall–Kier alpha value is -1.18. The fourth-order valence-corrected chi connectivity index (χ4v) is 2.21. The highest BCUT2D eigenvalue weighted by Gasteiger charge is 2.13. The lowest BCUT2D eigenvalue weighted by atomic mass is 9.95. The summed E-state index contributed by atoms with van der Waals surface area (Å²) >= 11 is 0. The first-order chi connectivity index (χ1) is 7.25. The Labute approximate surface area is 91.9 Å². The summed E-state index contributed by atoms with van der Waals surface area (Å²) < 4.78 is 0. The van der Waals surface area contributed by atoms with Crippen molar-refractivity contribution in [2.24, 2.45) is 0 Å². The fraction of sp³-hybridized carbons (Fsp3) is 0.462. The highest BCUT2D eigenvalue weighted by Crippen LogP contribution is 2.25. The van der Waals surface area contributed by atoms with Gasteiger partial charge in [0.05, 0.1) is 11.4 Å². The van der Waals surface area contributed by atoms with Crippen molar-refractivity contribution in [3.8, 4) is 0 Å². The molecule has 1 fully saturated rings. The average molecular weight is 203 g/mol. The second-order valence-corrected chi connectivity index (χ2v) is 4.40. The zero-order valence-electron chi connectivity index (χ0n) is 9.13. The predicted molar refractivity (Wildman–Crippen MR) is 65.8 cm³/mol. The zero-order chi connectivity index (χ0) is 10.7. The van der Waals surface area contributed by atoms with Gasteiger partial charge >= 0.3 is 0 Å². The van der Waals surface area contributed by atoms with E-state index >= 15 is 0 Å². The maximum absolute atomic E-state index is 5.94. The number of hydrogen-bond donors (Lipinski definition) is 2. The van der Waals surface area contributed by atoms with Crippen LogP contribution in [0.4, 0.5) is 11.4 Å². The molecule has 1 aromatic rings. The Bertz CT molecular complexity index is 327. The van der Waals surface area contributed by atoms with Crippen LogP contribution >= 0.6 is 0 Å². The molecule has 0 unspecified atom stereocenters. The van der Waals surface area contributed by atoms with Gasteiger partial charge in [-0.25, -0.2) is 0 Å². The summed E-state index contributed by atoms with van der Waals surface area (Å²) in [4.78, 5) is 0. The highest BCUT2D eigenvalue weighted by atomic mass is 14.9. The minimum atomic E-state index is 0.608. The van der Waals surface area contributed by atoms with Crippen LogP contribution in [-0.2, 0) is 0 Å².